The molecule has 1 aromatic heterocycles. The van der Waals surface area contributed by atoms with Gasteiger partial charge in [-0.25, -0.2) is 0 Å². The van der Waals surface area contributed by atoms with E-state index in [1.807, 2.05) is 4.90 Å². The molecule has 0 unspecified atom stereocenters. The molecule has 0 spiro atoms. The summed E-state index contributed by atoms with van der Waals surface area (Å²) < 4.78 is 39.5. The highest BCUT2D eigenvalue weighted by molar-refractivity contribution is 5.78. The molecule has 2 aromatic rings. The molecule has 30 heavy (non-hydrogen) atoms. The van der Waals surface area contributed by atoms with Crippen molar-refractivity contribution in [3.05, 3.63) is 47.9 Å². The number of rotatable bonds is 4. The van der Waals surface area contributed by atoms with Gasteiger partial charge in [0.05, 0.1) is 23.5 Å². The van der Waals surface area contributed by atoms with Crippen molar-refractivity contribution in [2.45, 2.75) is 37.8 Å². The average molecular weight is 418 g/mol. The molecule has 2 fully saturated rings. The molecule has 4 rings (SSSR count). The van der Waals surface area contributed by atoms with Crippen molar-refractivity contribution in [2.24, 2.45) is 0 Å². The fraction of sp³-hybridized carbons (Fsp3) is 0.500. The lowest BCUT2D eigenvalue weighted by atomic mass is 9.91. The monoisotopic (exact) mass is 418 g/mol. The Hall–Kier alpha value is -2.48. The summed E-state index contributed by atoms with van der Waals surface area (Å²) in [7, 11) is 0. The van der Waals surface area contributed by atoms with Crippen molar-refractivity contribution in [2.75, 3.05) is 32.7 Å². The van der Waals surface area contributed by atoms with Crippen molar-refractivity contribution in [1.82, 2.24) is 19.8 Å². The number of piperidine rings is 1. The molecule has 0 N–H and O–H groups in total. The highest BCUT2D eigenvalue weighted by Gasteiger charge is 2.32. The maximum absolute atomic E-state index is 13.2. The quantitative estimate of drug-likeness (QED) is 0.754. The molecule has 1 amide bonds. The van der Waals surface area contributed by atoms with Crippen LogP contribution in [-0.4, -0.2) is 58.4 Å². The third-order valence-electron chi connectivity index (χ3n) is 5.91. The van der Waals surface area contributed by atoms with Gasteiger partial charge in [0.1, 0.15) is 0 Å². The van der Waals surface area contributed by atoms with E-state index in [0.29, 0.717) is 36.6 Å². The number of likely N-dealkylation sites (tertiary alicyclic amines) is 2. The van der Waals surface area contributed by atoms with Crippen molar-refractivity contribution >= 4 is 5.91 Å². The molecule has 0 radical (unpaired) electrons. The van der Waals surface area contributed by atoms with Crippen LogP contribution in [0.5, 0.6) is 0 Å². The zero-order chi connectivity index (χ0) is 21.1. The fourth-order valence-electron chi connectivity index (χ4n) is 4.37. The normalized spacial score (nSPS) is 20.5. The highest BCUT2D eigenvalue weighted by atomic mass is 19.4. The van der Waals surface area contributed by atoms with Crippen LogP contribution in [0.1, 0.15) is 42.9 Å². The van der Waals surface area contributed by atoms with Gasteiger partial charge in [-0.1, -0.05) is 12.1 Å². The number of hydrogen-bond acceptors (Lipinski definition) is 4. The number of amides is 1. The Morgan fingerprint density at radius 1 is 1.07 bits per heavy atom. The minimum Gasteiger partial charge on any atom is -0.341 e. The number of alkyl halides is 3. The van der Waals surface area contributed by atoms with Gasteiger partial charge in [0.25, 0.3) is 0 Å². The summed E-state index contributed by atoms with van der Waals surface area (Å²) >= 11 is 0. The number of hydrogen-bond donors (Lipinski definition) is 0. The van der Waals surface area contributed by atoms with E-state index in [0.717, 1.165) is 50.9 Å². The number of aromatic nitrogens is 2. The summed E-state index contributed by atoms with van der Waals surface area (Å²) in [6, 6.07) is 5.19. The van der Waals surface area contributed by atoms with Gasteiger partial charge in [-0.3, -0.25) is 19.7 Å². The predicted octanol–water partition coefficient (Wildman–Crippen LogP) is 3.96. The first-order valence-corrected chi connectivity index (χ1v) is 10.4. The van der Waals surface area contributed by atoms with Crippen LogP contribution in [0.3, 0.4) is 0 Å². The van der Waals surface area contributed by atoms with Gasteiger partial charge in [-0.2, -0.15) is 13.2 Å². The molecule has 2 saturated heterocycles. The first-order valence-electron chi connectivity index (χ1n) is 10.4. The van der Waals surface area contributed by atoms with Crippen molar-refractivity contribution in [1.29, 1.82) is 0 Å². The van der Waals surface area contributed by atoms with Gasteiger partial charge in [-0.15, -0.1) is 0 Å². The van der Waals surface area contributed by atoms with E-state index in [9.17, 15) is 18.0 Å². The molecular formula is C22H25F3N4O. The smallest absolute Gasteiger partial charge is 0.341 e. The molecule has 0 bridgehead atoms. The summed E-state index contributed by atoms with van der Waals surface area (Å²) in [5.74, 6) is 0.0747. The minimum absolute atomic E-state index is 0.0421. The first-order chi connectivity index (χ1) is 14.4. The number of carbonyl (C=O) groups excluding carboxylic acids is 1. The molecule has 160 valence electrons. The minimum atomic E-state index is -4.41. The summed E-state index contributed by atoms with van der Waals surface area (Å²) in [6.45, 7) is 3.60. The van der Waals surface area contributed by atoms with Gasteiger partial charge in [-0.05, 0) is 50.9 Å². The van der Waals surface area contributed by atoms with E-state index in [1.54, 1.807) is 12.3 Å². The van der Waals surface area contributed by atoms with Crippen LogP contribution in [0, 0.1) is 0 Å². The van der Waals surface area contributed by atoms with Crippen molar-refractivity contribution < 1.29 is 18.0 Å². The molecule has 2 aliphatic heterocycles. The molecule has 1 atom stereocenters. The topological polar surface area (TPSA) is 49.3 Å². The number of nitrogens with zero attached hydrogens (tertiary/aromatic N) is 4. The number of carbonyl (C=O) groups is 1. The van der Waals surface area contributed by atoms with Crippen LogP contribution in [0.25, 0.3) is 11.3 Å². The lowest BCUT2D eigenvalue weighted by molar-refractivity contribution is -0.137. The Balaban J connectivity index is 1.55. The second-order valence-corrected chi connectivity index (χ2v) is 8.03. The first kappa shape index (κ1) is 20.8. The Labute approximate surface area is 173 Å². The standard InChI is InChI=1S/C22H25F3N4O/c23-22(24,25)18-7-3-5-16(13-18)20-21(27-9-8-26-20)17-6-4-12-29(14-17)19(30)15-28-10-1-2-11-28/h3,5,7-9,13,17H,1-2,4,6,10-12,14-15H2/t17-/m0/s1. The van der Waals surface area contributed by atoms with E-state index >= 15 is 0 Å². The zero-order valence-electron chi connectivity index (χ0n) is 16.7. The Kier molecular flexibility index (Phi) is 6.04. The molecule has 3 heterocycles. The molecule has 0 aliphatic carbocycles. The average Bonchev–Trinajstić information content (AvgIpc) is 3.26. The Bertz CT molecular complexity index is 896. The van der Waals surface area contributed by atoms with Crippen LogP contribution in [-0.2, 0) is 11.0 Å². The summed E-state index contributed by atoms with van der Waals surface area (Å²) in [5.41, 5.74) is 0.814. The lowest BCUT2D eigenvalue weighted by Crippen LogP contribution is -2.44. The van der Waals surface area contributed by atoms with Crippen molar-refractivity contribution in [3.8, 4) is 11.3 Å². The number of halogens is 3. The molecule has 0 saturated carbocycles. The van der Waals surface area contributed by atoms with Gasteiger partial charge in [0.2, 0.25) is 5.91 Å². The molecular weight excluding hydrogens is 393 g/mol. The van der Waals surface area contributed by atoms with E-state index in [2.05, 4.69) is 14.9 Å². The number of benzene rings is 1. The Morgan fingerprint density at radius 2 is 1.83 bits per heavy atom. The Morgan fingerprint density at radius 3 is 2.60 bits per heavy atom. The van der Waals surface area contributed by atoms with Gasteiger partial charge >= 0.3 is 6.18 Å². The third kappa shape index (κ3) is 4.64. The highest BCUT2D eigenvalue weighted by Crippen LogP contribution is 2.35. The van der Waals surface area contributed by atoms with Crippen LogP contribution in [0.15, 0.2) is 36.7 Å². The summed E-state index contributed by atoms with van der Waals surface area (Å²) in [4.78, 5) is 25.7. The maximum atomic E-state index is 13.2. The largest absolute Gasteiger partial charge is 0.416 e. The molecule has 2 aliphatic rings. The SMILES string of the molecule is O=C(CN1CCCC1)N1CCC[C@H](c2nccnc2-c2cccc(C(F)(F)F)c2)C1. The fourth-order valence-corrected chi connectivity index (χ4v) is 4.37. The predicted molar refractivity (Wildman–Crippen MR) is 107 cm³/mol. The molecule has 8 heteroatoms. The second-order valence-electron chi connectivity index (χ2n) is 8.03. The van der Waals surface area contributed by atoms with E-state index in [-0.39, 0.29) is 11.8 Å². The second kappa shape index (κ2) is 8.71. The van der Waals surface area contributed by atoms with Gasteiger partial charge < -0.3 is 4.90 Å². The van der Waals surface area contributed by atoms with Crippen LogP contribution >= 0.6 is 0 Å². The zero-order valence-corrected chi connectivity index (χ0v) is 16.7. The van der Waals surface area contributed by atoms with E-state index < -0.39 is 11.7 Å². The molecule has 1 aromatic carbocycles. The lowest BCUT2D eigenvalue weighted by Gasteiger charge is -2.34. The molecule has 5 nitrogen and oxygen atoms in total. The van der Waals surface area contributed by atoms with Crippen LogP contribution in [0.4, 0.5) is 13.2 Å². The van der Waals surface area contributed by atoms with Gasteiger partial charge in [0.15, 0.2) is 0 Å². The van der Waals surface area contributed by atoms with Gasteiger partial charge in [0, 0.05) is 37.0 Å². The van der Waals surface area contributed by atoms with Crippen molar-refractivity contribution in [3.63, 3.8) is 0 Å². The van der Waals surface area contributed by atoms with Crippen LogP contribution < -0.4 is 0 Å². The summed E-state index contributed by atoms with van der Waals surface area (Å²) in [6.07, 6.45) is 2.59. The van der Waals surface area contributed by atoms with E-state index in [1.165, 1.54) is 12.3 Å². The van der Waals surface area contributed by atoms with Crippen LogP contribution in [0.2, 0.25) is 0 Å². The third-order valence-corrected chi connectivity index (χ3v) is 5.91. The van der Waals surface area contributed by atoms with E-state index in [4.69, 9.17) is 0 Å². The summed E-state index contributed by atoms with van der Waals surface area (Å²) in [5, 5.41) is 0. The maximum Gasteiger partial charge on any atom is 0.416 e.